The topological polar surface area (TPSA) is 57.6 Å². The summed E-state index contributed by atoms with van der Waals surface area (Å²) in [6.45, 7) is 4.23. The highest BCUT2D eigenvalue weighted by Crippen LogP contribution is 2.28. The maximum Gasteiger partial charge on any atom is 0.326 e. The second-order valence-electron chi connectivity index (χ2n) is 5.59. The van der Waals surface area contributed by atoms with E-state index in [9.17, 15) is 14.7 Å². The van der Waals surface area contributed by atoms with Gasteiger partial charge in [0, 0.05) is 23.2 Å². The van der Waals surface area contributed by atoms with Gasteiger partial charge in [0.1, 0.15) is 6.04 Å². The van der Waals surface area contributed by atoms with Crippen LogP contribution in [0.5, 0.6) is 0 Å². The van der Waals surface area contributed by atoms with Gasteiger partial charge in [-0.15, -0.1) is 11.3 Å². The molecule has 1 aliphatic rings. The normalized spacial score (nSPS) is 17.2. The van der Waals surface area contributed by atoms with E-state index in [-0.39, 0.29) is 5.91 Å². The maximum absolute atomic E-state index is 12.8. The van der Waals surface area contributed by atoms with Crippen LogP contribution in [-0.4, -0.2) is 27.9 Å². The average molecular weight is 315 g/mol. The number of fused-ring (bicyclic) bond motifs is 1. The lowest BCUT2D eigenvalue weighted by molar-refractivity contribution is -0.142. The van der Waals surface area contributed by atoms with Crippen LogP contribution in [0.4, 0.5) is 0 Å². The quantitative estimate of drug-likeness (QED) is 0.927. The van der Waals surface area contributed by atoms with Crippen LogP contribution in [0.1, 0.15) is 31.9 Å². The fraction of sp³-hybridized carbons (Fsp3) is 0.294. The zero-order chi connectivity index (χ0) is 15.9. The van der Waals surface area contributed by atoms with Gasteiger partial charge in [-0.2, -0.15) is 0 Å². The van der Waals surface area contributed by atoms with Crippen molar-refractivity contribution < 1.29 is 14.7 Å². The van der Waals surface area contributed by atoms with E-state index in [1.54, 1.807) is 0 Å². The summed E-state index contributed by atoms with van der Waals surface area (Å²) in [6, 6.07) is 6.92. The lowest BCUT2D eigenvalue weighted by Gasteiger charge is -2.34. The molecule has 0 saturated heterocycles. The van der Waals surface area contributed by atoms with E-state index >= 15 is 0 Å². The van der Waals surface area contributed by atoms with Crippen molar-refractivity contribution >= 4 is 23.2 Å². The van der Waals surface area contributed by atoms with Crippen LogP contribution in [0.2, 0.25) is 0 Å². The molecule has 1 unspecified atom stereocenters. The molecule has 2 aromatic rings. The minimum absolute atomic E-state index is 0.191. The third kappa shape index (κ3) is 2.41. The number of hydrogen-bond acceptors (Lipinski definition) is 3. The first-order valence-corrected chi connectivity index (χ1v) is 8.02. The predicted octanol–water partition coefficient (Wildman–Crippen LogP) is 3.02. The van der Waals surface area contributed by atoms with E-state index in [4.69, 9.17) is 0 Å². The Balaban J connectivity index is 1.99. The Kier molecular flexibility index (Phi) is 3.74. The number of carbonyl (C=O) groups excluding carboxylic acids is 1. The van der Waals surface area contributed by atoms with E-state index in [2.05, 4.69) is 0 Å². The molecule has 0 spiro atoms. The van der Waals surface area contributed by atoms with Gasteiger partial charge in [-0.05, 0) is 30.5 Å². The molecule has 1 N–H and O–H groups in total. The number of aliphatic carboxylic acids is 1. The highest BCUT2D eigenvalue weighted by molar-refractivity contribution is 7.10. The van der Waals surface area contributed by atoms with Crippen molar-refractivity contribution in [1.29, 1.82) is 0 Å². The number of hydrogen-bond donors (Lipinski definition) is 1. The Morgan fingerprint density at radius 1 is 1.23 bits per heavy atom. The highest BCUT2D eigenvalue weighted by Gasteiger charge is 2.35. The Morgan fingerprint density at radius 2 is 1.91 bits per heavy atom. The summed E-state index contributed by atoms with van der Waals surface area (Å²) in [5, 5.41) is 11.3. The summed E-state index contributed by atoms with van der Waals surface area (Å²) in [6.07, 6.45) is 0.361. The zero-order valence-corrected chi connectivity index (χ0v) is 13.3. The molecule has 0 fully saturated rings. The van der Waals surface area contributed by atoms with Gasteiger partial charge in [0.05, 0.1) is 5.56 Å². The number of amides is 1. The first-order valence-electron chi connectivity index (χ1n) is 7.14. The Bertz CT molecular complexity index is 750. The van der Waals surface area contributed by atoms with E-state index in [0.29, 0.717) is 18.5 Å². The molecule has 1 aromatic heterocycles. The summed E-state index contributed by atoms with van der Waals surface area (Å²) >= 11 is 1.52. The van der Waals surface area contributed by atoms with Gasteiger partial charge in [0.25, 0.3) is 5.91 Å². The van der Waals surface area contributed by atoms with E-state index in [0.717, 1.165) is 21.6 Å². The minimum atomic E-state index is -0.951. The third-order valence-corrected chi connectivity index (χ3v) is 5.32. The van der Waals surface area contributed by atoms with Crippen LogP contribution in [0.15, 0.2) is 29.6 Å². The first-order chi connectivity index (χ1) is 10.5. The van der Waals surface area contributed by atoms with Gasteiger partial charge in [-0.25, -0.2) is 4.79 Å². The zero-order valence-electron chi connectivity index (χ0n) is 12.5. The third-order valence-electron chi connectivity index (χ3n) is 4.31. The van der Waals surface area contributed by atoms with E-state index in [1.165, 1.54) is 16.2 Å². The van der Waals surface area contributed by atoms with Crippen molar-refractivity contribution in [2.75, 3.05) is 0 Å². The van der Waals surface area contributed by atoms with E-state index in [1.807, 2.05) is 43.5 Å². The predicted molar refractivity (Wildman–Crippen MR) is 85.2 cm³/mol. The van der Waals surface area contributed by atoms with E-state index < -0.39 is 12.0 Å². The van der Waals surface area contributed by atoms with Gasteiger partial charge >= 0.3 is 5.97 Å². The Hall–Kier alpha value is -2.14. The summed E-state index contributed by atoms with van der Waals surface area (Å²) in [5.74, 6) is -1.14. The standard InChI is InChI=1S/C17H17NO3S/c1-10-11(2)22-9-14(10)16(19)18-8-13-6-4-3-5-12(13)7-15(18)17(20)21/h3-6,9,15H,7-8H2,1-2H3,(H,20,21). The van der Waals surface area contributed by atoms with Crippen LogP contribution in [-0.2, 0) is 17.8 Å². The molecule has 3 rings (SSSR count). The molecular formula is C17H17NO3S. The lowest BCUT2D eigenvalue weighted by Crippen LogP contribution is -2.48. The van der Waals surface area contributed by atoms with Crippen molar-refractivity contribution in [3.63, 3.8) is 0 Å². The van der Waals surface area contributed by atoms with Gasteiger partial charge in [0.15, 0.2) is 0 Å². The SMILES string of the molecule is Cc1scc(C(=O)N2Cc3ccccc3CC2C(=O)O)c1C. The molecule has 5 heteroatoms. The number of thiophene rings is 1. The molecule has 114 valence electrons. The fourth-order valence-electron chi connectivity index (χ4n) is 2.84. The Morgan fingerprint density at radius 3 is 2.50 bits per heavy atom. The highest BCUT2D eigenvalue weighted by atomic mass is 32.1. The van der Waals surface area contributed by atoms with Crippen LogP contribution in [0, 0.1) is 13.8 Å². The molecule has 1 amide bonds. The Labute approximate surface area is 133 Å². The van der Waals surface area contributed by atoms with Crippen LogP contribution >= 0.6 is 11.3 Å². The first kappa shape index (κ1) is 14.8. The summed E-state index contributed by atoms with van der Waals surface area (Å²) in [4.78, 5) is 27.0. The lowest BCUT2D eigenvalue weighted by atomic mass is 9.93. The second-order valence-corrected chi connectivity index (χ2v) is 6.67. The number of benzene rings is 1. The molecule has 2 heterocycles. The van der Waals surface area contributed by atoms with Crippen LogP contribution in [0.25, 0.3) is 0 Å². The summed E-state index contributed by atoms with van der Waals surface area (Å²) in [5.41, 5.74) is 3.60. The smallest absolute Gasteiger partial charge is 0.326 e. The van der Waals surface area contributed by atoms with Gasteiger partial charge < -0.3 is 10.0 Å². The van der Waals surface area contributed by atoms with Gasteiger partial charge in [-0.1, -0.05) is 24.3 Å². The number of carboxylic acids is 1. The molecule has 0 saturated carbocycles. The number of aryl methyl sites for hydroxylation is 1. The summed E-state index contributed by atoms with van der Waals surface area (Å²) in [7, 11) is 0. The van der Waals surface area contributed by atoms with Gasteiger partial charge in [-0.3, -0.25) is 4.79 Å². The number of carboxylic acid groups (broad SMARTS) is 1. The number of rotatable bonds is 2. The number of nitrogens with zero attached hydrogens (tertiary/aromatic N) is 1. The maximum atomic E-state index is 12.8. The molecule has 0 bridgehead atoms. The summed E-state index contributed by atoms with van der Waals surface area (Å²) < 4.78 is 0. The molecule has 0 radical (unpaired) electrons. The monoisotopic (exact) mass is 315 g/mol. The molecule has 1 aliphatic heterocycles. The number of carbonyl (C=O) groups is 2. The van der Waals surface area contributed by atoms with Crippen molar-refractivity contribution in [3.8, 4) is 0 Å². The molecule has 0 aliphatic carbocycles. The second kappa shape index (κ2) is 5.57. The average Bonchev–Trinajstić information content (AvgIpc) is 2.85. The molecule has 1 atom stereocenters. The minimum Gasteiger partial charge on any atom is -0.480 e. The molecular weight excluding hydrogens is 298 g/mol. The van der Waals surface area contributed by atoms with Crippen molar-refractivity contribution in [2.24, 2.45) is 0 Å². The van der Waals surface area contributed by atoms with Crippen LogP contribution in [0.3, 0.4) is 0 Å². The van der Waals surface area contributed by atoms with Gasteiger partial charge in [0.2, 0.25) is 0 Å². The molecule has 1 aromatic carbocycles. The van der Waals surface area contributed by atoms with Crippen molar-refractivity contribution in [1.82, 2.24) is 4.90 Å². The molecule has 22 heavy (non-hydrogen) atoms. The van der Waals surface area contributed by atoms with Crippen LogP contribution < -0.4 is 0 Å². The largest absolute Gasteiger partial charge is 0.480 e. The fourth-order valence-corrected chi connectivity index (χ4v) is 3.70. The van der Waals surface area contributed by atoms with Crippen molar-refractivity contribution in [3.05, 3.63) is 56.8 Å². The molecule has 4 nitrogen and oxygen atoms in total. The van der Waals surface area contributed by atoms with Crippen molar-refractivity contribution in [2.45, 2.75) is 32.9 Å².